The number of aryl methyl sites for hydroxylation is 1. The molecule has 1 fully saturated rings. The minimum Gasteiger partial charge on any atom is -0.439 e. The summed E-state index contributed by atoms with van der Waals surface area (Å²) in [4.78, 5) is 19.7. The highest BCUT2D eigenvalue weighted by molar-refractivity contribution is 5.73. The van der Waals surface area contributed by atoms with Gasteiger partial charge in [0.05, 0.1) is 6.54 Å². The Hall–Kier alpha value is -3.37. The van der Waals surface area contributed by atoms with E-state index in [1.807, 2.05) is 13.8 Å². The summed E-state index contributed by atoms with van der Waals surface area (Å²) in [6.45, 7) is 7.49. The summed E-state index contributed by atoms with van der Waals surface area (Å²) in [6, 6.07) is 1.66. The molecule has 1 unspecified atom stereocenters. The first kappa shape index (κ1) is 21.8. The molecule has 0 N–H and O–H groups in total. The van der Waals surface area contributed by atoms with Crippen LogP contribution in [0.1, 0.15) is 28.8 Å². The molecule has 168 valence electrons. The molecule has 1 aliphatic heterocycles. The van der Waals surface area contributed by atoms with Crippen LogP contribution in [0.25, 0.3) is 21.5 Å². The summed E-state index contributed by atoms with van der Waals surface area (Å²) in [5.41, 5.74) is 11.0. The molecule has 2 aromatic heterocycles. The lowest BCUT2D eigenvalue weighted by Gasteiger charge is -2.35. The van der Waals surface area contributed by atoms with E-state index in [2.05, 4.69) is 34.8 Å². The third-order valence-electron chi connectivity index (χ3n) is 5.59. The zero-order valence-corrected chi connectivity index (χ0v) is 17.5. The SMILES string of the molecule is Cc1ncnc(N2CCN(Cc3nc4ccc(C(N=[N+]=[N-])C(F)(F)F)cc4o3)CC2)c1C. The average molecular weight is 446 g/mol. The van der Waals surface area contributed by atoms with Crippen LogP contribution in [0.3, 0.4) is 0 Å². The lowest BCUT2D eigenvalue weighted by molar-refractivity contribution is -0.148. The molecule has 0 aliphatic carbocycles. The highest BCUT2D eigenvalue weighted by atomic mass is 19.4. The molecular weight excluding hydrogens is 425 g/mol. The second kappa shape index (κ2) is 8.64. The molecule has 0 amide bonds. The van der Waals surface area contributed by atoms with E-state index in [0.717, 1.165) is 43.3 Å². The van der Waals surface area contributed by atoms with Crippen LogP contribution in [0.2, 0.25) is 0 Å². The Labute approximate surface area is 181 Å². The summed E-state index contributed by atoms with van der Waals surface area (Å²) < 4.78 is 45.2. The number of anilines is 1. The Balaban J connectivity index is 1.45. The molecule has 0 saturated carbocycles. The van der Waals surface area contributed by atoms with Gasteiger partial charge >= 0.3 is 6.18 Å². The number of benzene rings is 1. The highest BCUT2D eigenvalue weighted by Crippen LogP contribution is 2.37. The predicted octanol–water partition coefficient (Wildman–Crippen LogP) is 4.47. The van der Waals surface area contributed by atoms with Crippen LogP contribution >= 0.6 is 0 Å². The van der Waals surface area contributed by atoms with E-state index in [9.17, 15) is 13.2 Å². The molecule has 9 nitrogen and oxygen atoms in total. The number of halogens is 3. The van der Waals surface area contributed by atoms with Crippen molar-refractivity contribution in [3.05, 3.63) is 57.7 Å². The molecule has 0 radical (unpaired) electrons. The van der Waals surface area contributed by atoms with E-state index in [4.69, 9.17) is 9.95 Å². The first-order valence-electron chi connectivity index (χ1n) is 10.0. The third kappa shape index (κ3) is 4.46. The molecule has 4 rings (SSSR count). The quantitative estimate of drug-likeness (QED) is 0.325. The van der Waals surface area contributed by atoms with Crippen molar-refractivity contribution >= 4 is 16.9 Å². The Kier molecular flexibility index (Phi) is 5.90. The zero-order valence-electron chi connectivity index (χ0n) is 17.5. The number of azide groups is 1. The summed E-state index contributed by atoms with van der Waals surface area (Å²) in [7, 11) is 0. The standard InChI is InChI=1S/C20H21F3N8O/c1-12-13(2)25-11-26-19(12)31-7-5-30(6-8-31)10-17-27-15-4-3-14(9-16(15)32-17)18(28-29-24)20(21,22)23/h3-4,9,11,18H,5-8,10H2,1-2H3. The molecule has 32 heavy (non-hydrogen) atoms. The smallest absolute Gasteiger partial charge is 0.401 e. The molecule has 1 aromatic carbocycles. The van der Waals surface area contributed by atoms with Gasteiger partial charge in [-0.3, -0.25) is 4.90 Å². The van der Waals surface area contributed by atoms with E-state index in [-0.39, 0.29) is 11.1 Å². The van der Waals surface area contributed by atoms with Crippen LogP contribution in [0.5, 0.6) is 0 Å². The minimum absolute atomic E-state index is 0.186. The van der Waals surface area contributed by atoms with Gasteiger partial charge in [-0.2, -0.15) is 13.2 Å². The Morgan fingerprint density at radius 2 is 1.94 bits per heavy atom. The summed E-state index contributed by atoms with van der Waals surface area (Å²) in [6.07, 6.45) is -3.12. The van der Waals surface area contributed by atoms with Crippen molar-refractivity contribution in [2.75, 3.05) is 31.1 Å². The molecular formula is C20H21F3N8O. The topological polar surface area (TPSA) is 107 Å². The van der Waals surface area contributed by atoms with Crippen LogP contribution in [-0.4, -0.2) is 52.2 Å². The van der Waals surface area contributed by atoms with Gasteiger partial charge in [0.15, 0.2) is 11.6 Å². The van der Waals surface area contributed by atoms with Crippen LogP contribution in [0, 0.1) is 13.8 Å². The lowest BCUT2D eigenvalue weighted by Crippen LogP contribution is -2.46. The maximum Gasteiger partial charge on any atom is 0.401 e. The minimum atomic E-state index is -4.69. The number of fused-ring (bicyclic) bond motifs is 1. The van der Waals surface area contributed by atoms with Crippen molar-refractivity contribution in [2.24, 2.45) is 5.11 Å². The van der Waals surface area contributed by atoms with Crippen molar-refractivity contribution in [3.8, 4) is 0 Å². The van der Waals surface area contributed by atoms with Crippen molar-refractivity contribution in [3.63, 3.8) is 0 Å². The van der Waals surface area contributed by atoms with Gasteiger partial charge in [0.25, 0.3) is 0 Å². The van der Waals surface area contributed by atoms with Crippen LogP contribution in [0.15, 0.2) is 34.1 Å². The van der Waals surface area contributed by atoms with E-state index in [1.165, 1.54) is 18.2 Å². The second-order valence-electron chi connectivity index (χ2n) is 7.65. The lowest BCUT2D eigenvalue weighted by atomic mass is 10.1. The van der Waals surface area contributed by atoms with E-state index in [1.54, 1.807) is 6.33 Å². The maximum atomic E-state index is 13.2. The van der Waals surface area contributed by atoms with Gasteiger partial charge in [-0.05, 0) is 37.1 Å². The number of rotatable bonds is 5. The number of hydrogen-bond acceptors (Lipinski definition) is 7. The van der Waals surface area contributed by atoms with Gasteiger partial charge < -0.3 is 9.32 Å². The van der Waals surface area contributed by atoms with Crippen LogP contribution in [0.4, 0.5) is 19.0 Å². The molecule has 1 atom stereocenters. The van der Waals surface area contributed by atoms with Crippen molar-refractivity contribution in [1.29, 1.82) is 0 Å². The van der Waals surface area contributed by atoms with Gasteiger partial charge in [0.1, 0.15) is 17.7 Å². The summed E-state index contributed by atoms with van der Waals surface area (Å²) in [5, 5.41) is 2.89. The van der Waals surface area contributed by atoms with Crippen molar-refractivity contribution in [1.82, 2.24) is 19.9 Å². The fourth-order valence-corrected chi connectivity index (χ4v) is 3.75. The highest BCUT2D eigenvalue weighted by Gasteiger charge is 2.40. The fourth-order valence-electron chi connectivity index (χ4n) is 3.75. The molecule has 0 bridgehead atoms. The monoisotopic (exact) mass is 446 g/mol. The molecule has 1 saturated heterocycles. The number of nitrogens with zero attached hydrogens (tertiary/aromatic N) is 8. The Bertz CT molecular complexity index is 1160. The summed E-state index contributed by atoms with van der Waals surface area (Å²) >= 11 is 0. The first-order valence-corrected chi connectivity index (χ1v) is 10.0. The van der Waals surface area contributed by atoms with Gasteiger partial charge in [-0.1, -0.05) is 11.2 Å². The van der Waals surface area contributed by atoms with E-state index >= 15 is 0 Å². The van der Waals surface area contributed by atoms with Crippen molar-refractivity contribution < 1.29 is 17.6 Å². The van der Waals surface area contributed by atoms with Gasteiger partial charge in [0, 0.05) is 42.3 Å². The Morgan fingerprint density at radius 3 is 2.62 bits per heavy atom. The molecule has 3 heterocycles. The summed E-state index contributed by atoms with van der Waals surface area (Å²) in [5.74, 6) is 1.36. The van der Waals surface area contributed by atoms with Gasteiger partial charge in [-0.25, -0.2) is 15.0 Å². The number of oxazole rings is 1. The molecule has 12 heteroatoms. The number of hydrogen-bond donors (Lipinski definition) is 0. The maximum absolute atomic E-state index is 13.2. The van der Waals surface area contributed by atoms with Gasteiger partial charge in [-0.15, -0.1) is 0 Å². The van der Waals surface area contributed by atoms with E-state index < -0.39 is 12.2 Å². The molecule has 3 aromatic rings. The largest absolute Gasteiger partial charge is 0.439 e. The normalized spacial score (nSPS) is 16.2. The number of piperazine rings is 1. The average Bonchev–Trinajstić information content (AvgIpc) is 3.15. The predicted molar refractivity (Wildman–Crippen MR) is 111 cm³/mol. The first-order chi connectivity index (χ1) is 15.3. The van der Waals surface area contributed by atoms with Crippen LogP contribution in [-0.2, 0) is 6.54 Å². The van der Waals surface area contributed by atoms with Crippen LogP contribution < -0.4 is 4.90 Å². The third-order valence-corrected chi connectivity index (χ3v) is 5.59. The molecule has 1 aliphatic rings. The fraction of sp³-hybridized carbons (Fsp3) is 0.450. The Morgan fingerprint density at radius 1 is 1.19 bits per heavy atom. The second-order valence-corrected chi connectivity index (χ2v) is 7.65. The zero-order chi connectivity index (χ0) is 22.9. The van der Waals surface area contributed by atoms with Gasteiger partial charge in [0.2, 0.25) is 5.89 Å². The van der Waals surface area contributed by atoms with E-state index in [0.29, 0.717) is 18.0 Å². The van der Waals surface area contributed by atoms with Crippen molar-refractivity contribution in [2.45, 2.75) is 32.6 Å². The number of alkyl halides is 3. The number of aromatic nitrogens is 3. The molecule has 0 spiro atoms.